The minimum Gasteiger partial charge on any atom is -0.415 e. The van der Waals surface area contributed by atoms with E-state index in [0.717, 1.165) is 32.0 Å². The molecular weight excluding hydrogens is 360 g/mol. The van der Waals surface area contributed by atoms with Crippen molar-refractivity contribution in [3.63, 3.8) is 0 Å². The molecule has 1 saturated heterocycles. The Hall–Kier alpha value is -3.33. The third-order valence-corrected chi connectivity index (χ3v) is 5.19. The number of nitrogens with one attached hydrogen (secondary N) is 2. The molecule has 9 heteroatoms. The summed E-state index contributed by atoms with van der Waals surface area (Å²) in [6, 6.07) is 12.3. The molecule has 9 nitrogen and oxygen atoms in total. The molecule has 1 aliphatic rings. The second-order valence-corrected chi connectivity index (χ2v) is 6.86. The molecule has 1 atom stereocenters. The van der Waals surface area contributed by atoms with E-state index >= 15 is 0 Å². The zero-order valence-corrected chi connectivity index (χ0v) is 15.5. The molecule has 0 saturated carbocycles. The van der Waals surface area contributed by atoms with Gasteiger partial charge in [-0.3, -0.25) is 15.0 Å². The number of pyridine rings is 1. The van der Waals surface area contributed by atoms with Crippen molar-refractivity contribution < 1.29 is 19.2 Å². The van der Waals surface area contributed by atoms with E-state index in [1.165, 1.54) is 17.0 Å². The number of hydrogen-bond donors (Lipinski definition) is 1. The van der Waals surface area contributed by atoms with Crippen LogP contribution in [0.5, 0.6) is 0 Å². The van der Waals surface area contributed by atoms with Crippen molar-refractivity contribution in [2.75, 3.05) is 31.1 Å². The van der Waals surface area contributed by atoms with Gasteiger partial charge in [-0.2, -0.15) is 0 Å². The Balaban J connectivity index is 1.41. The molecule has 0 spiro atoms. The smallest absolute Gasteiger partial charge is 0.274 e. The van der Waals surface area contributed by atoms with E-state index < -0.39 is 4.92 Å². The molecule has 144 valence electrons. The average molecular weight is 382 g/mol. The minimum absolute atomic E-state index is 0.0369. The number of H-pyrrole nitrogens is 1. The van der Waals surface area contributed by atoms with Crippen LogP contribution < -0.4 is 14.8 Å². The molecule has 1 fully saturated rings. The Morgan fingerprint density at radius 3 is 2.57 bits per heavy atom. The zero-order chi connectivity index (χ0) is 19.5. The number of non-ortho nitro benzene ring substituents is 1. The van der Waals surface area contributed by atoms with Crippen molar-refractivity contribution in [3.8, 4) is 11.5 Å². The van der Waals surface area contributed by atoms with Gasteiger partial charge in [-0.1, -0.05) is 6.07 Å². The van der Waals surface area contributed by atoms with Gasteiger partial charge in [0.25, 0.3) is 17.4 Å². The minimum atomic E-state index is -0.429. The highest BCUT2D eigenvalue weighted by Gasteiger charge is 2.32. The van der Waals surface area contributed by atoms with E-state index in [1.807, 2.05) is 18.3 Å². The highest BCUT2D eigenvalue weighted by atomic mass is 16.6. The van der Waals surface area contributed by atoms with Gasteiger partial charge >= 0.3 is 0 Å². The number of quaternary nitrogens is 1. The number of piperazine rings is 1. The van der Waals surface area contributed by atoms with Crippen molar-refractivity contribution in [1.29, 1.82) is 0 Å². The first-order chi connectivity index (χ1) is 13.6. The van der Waals surface area contributed by atoms with Crippen molar-refractivity contribution in [2.24, 2.45) is 0 Å². The molecule has 3 heterocycles. The molecule has 0 amide bonds. The molecule has 2 N–H and O–H groups in total. The summed E-state index contributed by atoms with van der Waals surface area (Å²) in [5.74, 6) is 2.10. The Labute approximate surface area is 161 Å². The van der Waals surface area contributed by atoms with Crippen molar-refractivity contribution in [3.05, 3.63) is 64.7 Å². The predicted octanol–water partition coefficient (Wildman–Crippen LogP) is 0.925. The zero-order valence-electron chi connectivity index (χ0n) is 15.5. The van der Waals surface area contributed by atoms with E-state index in [2.05, 4.69) is 33.1 Å². The maximum absolute atomic E-state index is 10.8. The van der Waals surface area contributed by atoms with Gasteiger partial charge in [0, 0.05) is 23.8 Å². The second kappa shape index (κ2) is 7.73. The topological polar surface area (TPSA) is 104 Å². The number of hydrogen-bond acceptors (Lipinski definition) is 6. The normalized spacial score (nSPS) is 16.1. The van der Waals surface area contributed by atoms with Crippen LogP contribution in [0.2, 0.25) is 0 Å². The van der Waals surface area contributed by atoms with Crippen LogP contribution in [0.1, 0.15) is 18.9 Å². The highest BCUT2D eigenvalue weighted by molar-refractivity contribution is 5.55. The summed E-state index contributed by atoms with van der Waals surface area (Å²) in [4.78, 5) is 17.4. The molecule has 3 aromatic rings. The first-order valence-corrected chi connectivity index (χ1v) is 9.26. The molecular formula is C19H22N6O3+2. The molecule has 0 aliphatic carbocycles. The molecule has 4 rings (SSSR count). The van der Waals surface area contributed by atoms with Gasteiger partial charge in [0.05, 0.1) is 11.1 Å². The third kappa shape index (κ3) is 3.70. The molecule has 0 radical (unpaired) electrons. The maximum Gasteiger partial charge on any atom is 0.274 e. The fourth-order valence-electron chi connectivity index (χ4n) is 3.47. The Bertz CT molecular complexity index is 936. The molecule has 28 heavy (non-hydrogen) atoms. The second-order valence-electron chi connectivity index (χ2n) is 6.86. The number of nitrogens with zero attached hydrogens (tertiary/aromatic N) is 4. The van der Waals surface area contributed by atoms with Crippen LogP contribution in [0, 0.1) is 10.1 Å². The maximum atomic E-state index is 10.8. The van der Waals surface area contributed by atoms with Crippen molar-refractivity contribution in [2.45, 2.75) is 13.0 Å². The highest BCUT2D eigenvalue weighted by Crippen LogP contribution is 2.22. The number of nitro groups is 1. The summed E-state index contributed by atoms with van der Waals surface area (Å²) in [5, 5.41) is 19.1. The lowest BCUT2D eigenvalue weighted by molar-refractivity contribution is -0.931. The van der Waals surface area contributed by atoms with E-state index in [0.29, 0.717) is 17.3 Å². The monoisotopic (exact) mass is 382 g/mol. The number of aromatic nitrogens is 3. The van der Waals surface area contributed by atoms with Crippen LogP contribution in [0.4, 0.5) is 11.5 Å². The van der Waals surface area contributed by atoms with Crippen LogP contribution in [0.15, 0.2) is 53.1 Å². The van der Waals surface area contributed by atoms with Gasteiger partial charge in [0.15, 0.2) is 6.04 Å². The number of aromatic amines is 1. The Morgan fingerprint density at radius 2 is 1.93 bits per heavy atom. The fraction of sp³-hybridized carbons (Fsp3) is 0.316. The lowest BCUT2D eigenvalue weighted by Gasteiger charge is -2.30. The fourth-order valence-corrected chi connectivity index (χ4v) is 3.47. The molecule has 1 aliphatic heterocycles. The van der Waals surface area contributed by atoms with Crippen LogP contribution in [-0.4, -0.2) is 41.3 Å². The molecule has 0 bridgehead atoms. The summed E-state index contributed by atoms with van der Waals surface area (Å²) < 4.78 is 5.86. The van der Waals surface area contributed by atoms with Gasteiger partial charge < -0.3 is 9.32 Å². The SMILES string of the molecule is C[C@H](c1nnc(-c2ccc([N+](=O)[O-])cc2)o1)[NH+]1CCN(c2cccc[nH+]2)CC1. The quantitative estimate of drug-likeness (QED) is 0.520. The standard InChI is InChI=1S/C19H20N6O3/c1-14(23-10-12-24(13-11-23)17-4-2-3-9-20-17)18-21-22-19(28-18)15-5-7-16(8-6-15)25(26)27/h2-9,14H,10-13H2,1H3/p+2/t14-/m1/s1. The number of anilines is 1. The Morgan fingerprint density at radius 1 is 1.18 bits per heavy atom. The largest absolute Gasteiger partial charge is 0.415 e. The Kier molecular flexibility index (Phi) is 4.98. The lowest BCUT2D eigenvalue weighted by Crippen LogP contribution is -3.14. The average Bonchev–Trinajstić information content (AvgIpc) is 3.24. The van der Waals surface area contributed by atoms with Gasteiger partial charge in [0.2, 0.25) is 5.89 Å². The van der Waals surface area contributed by atoms with E-state index in [4.69, 9.17) is 4.42 Å². The third-order valence-electron chi connectivity index (χ3n) is 5.19. The number of rotatable bonds is 5. The van der Waals surface area contributed by atoms with E-state index in [1.54, 1.807) is 12.1 Å². The summed E-state index contributed by atoms with van der Waals surface area (Å²) in [5.41, 5.74) is 0.714. The van der Waals surface area contributed by atoms with E-state index in [9.17, 15) is 10.1 Å². The van der Waals surface area contributed by atoms with Crippen molar-refractivity contribution in [1.82, 2.24) is 10.2 Å². The molecule has 1 aromatic carbocycles. The van der Waals surface area contributed by atoms with Crippen LogP contribution >= 0.6 is 0 Å². The van der Waals surface area contributed by atoms with E-state index in [-0.39, 0.29) is 11.7 Å². The first kappa shape index (κ1) is 18.1. The van der Waals surface area contributed by atoms with Crippen LogP contribution in [-0.2, 0) is 0 Å². The van der Waals surface area contributed by atoms with Gasteiger partial charge in [-0.05, 0) is 25.1 Å². The summed E-state index contributed by atoms with van der Waals surface area (Å²) in [6.07, 6.45) is 1.94. The number of nitro benzene ring substituents is 1. The van der Waals surface area contributed by atoms with Crippen molar-refractivity contribution >= 4 is 11.5 Å². The predicted molar refractivity (Wildman–Crippen MR) is 101 cm³/mol. The van der Waals surface area contributed by atoms with Gasteiger partial charge in [0.1, 0.15) is 26.2 Å². The summed E-state index contributed by atoms with van der Waals surface area (Å²) >= 11 is 0. The molecule has 2 aromatic heterocycles. The first-order valence-electron chi connectivity index (χ1n) is 9.26. The van der Waals surface area contributed by atoms with Gasteiger partial charge in [-0.25, -0.2) is 4.98 Å². The molecule has 0 unspecified atom stereocenters. The summed E-state index contributed by atoms with van der Waals surface area (Å²) in [6.45, 7) is 5.93. The van der Waals surface area contributed by atoms with Gasteiger partial charge in [-0.15, -0.1) is 10.2 Å². The number of benzene rings is 1. The van der Waals surface area contributed by atoms with Crippen LogP contribution in [0.25, 0.3) is 11.5 Å². The lowest BCUT2D eigenvalue weighted by atomic mass is 10.2. The summed E-state index contributed by atoms with van der Waals surface area (Å²) in [7, 11) is 0. The van der Waals surface area contributed by atoms with Crippen LogP contribution in [0.3, 0.4) is 0 Å².